The first-order valence-electron chi connectivity index (χ1n) is 13.9. The molecular formula is C33H44N2. The molecule has 0 fully saturated rings. The van der Waals surface area contributed by atoms with Crippen molar-refractivity contribution >= 4 is 11.8 Å². The number of hydrogen-bond acceptors (Lipinski definition) is 2. The number of hydrogen-bond donors (Lipinski definition) is 0. The molecule has 3 heterocycles. The molecule has 186 valence electrons. The fraction of sp³-hybridized carbons (Fsp3) is 0.515. The maximum absolute atomic E-state index is 2.67. The van der Waals surface area contributed by atoms with Crippen LogP contribution in [0.1, 0.15) is 94.5 Å². The largest absolute Gasteiger partial charge is 0.358 e. The average Bonchev–Trinajstić information content (AvgIpc) is 3.19. The van der Waals surface area contributed by atoms with Crippen LogP contribution in [0.5, 0.6) is 0 Å². The highest BCUT2D eigenvalue weighted by atomic mass is 15.4. The van der Waals surface area contributed by atoms with Crippen LogP contribution >= 0.6 is 0 Å². The van der Waals surface area contributed by atoms with Gasteiger partial charge in [0.2, 0.25) is 0 Å². The lowest BCUT2D eigenvalue weighted by Gasteiger charge is -2.60. The molecule has 0 saturated carbocycles. The Morgan fingerprint density at radius 1 is 0.914 bits per heavy atom. The van der Waals surface area contributed by atoms with Gasteiger partial charge in [-0.2, -0.15) is 0 Å². The maximum atomic E-state index is 2.67. The Kier molecular flexibility index (Phi) is 5.93. The lowest BCUT2D eigenvalue weighted by Crippen LogP contribution is -2.62. The highest BCUT2D eigenvalue weighted by Crippen LogP contribution is 2.62. The van der Waals surface area contributed by atoms with Crippen molar-refractivity contribution in [2.45, 2.75) is 98.6 Å². The second-order valence-corrected chi connectivity index (χ2v) is 11.7. The molecule has 2 nitrogen and oxygen atoms in total. The molecule has 0 N–H and O–H groups in total. The van der Waals surface area contributed by atoms with Gasteiger partial charge in [0.15, 0.2) is 0 Å². The molecule has 3 aliphatic heterocycles. The summed E-state index contributed by atoms with van der Waals surface area (Å²) in [5.74, 6) is 0. The lowest BCUT2D eigenvalue weighted by molar-refractivity contribution is 0.0391. The summed E-state index contributed by atoms with van der Waals surface area (Å²) in [5, 5.41) is 0. The first-order chi connectivity index (χ1) is 16.7. The summed E-state index contributed by atoms with van der Waals surface area (Å²) >= 11 is 0. The predicted octanol–water partition coefficient (Wildman–Crippen LogP) is 8.75. The molecule has 2 aromatic rings. The number of unbranched alkanes of at least 4 members (excludes halogenated alkanes) is 2. The Bertz CT molecular complexity index is 1190. The van der Waals surface area contributed by atoms with Gasteiger partial charge >= 0.3 is 0 Å². The summed E-state index contributed by atoms with van der Waals surface area (Å²) in [7, 11) is 2.27. The van der Waals surface area contributed by atoms with Gasteiger partial charge in [0, 0.05) is 29.6 Å². The van der Waals surface area contributed by atoms with Crippen LogP contribution in [0.2, 0.25) is 0 Å². The molecule has 0 spiro atoms. The second kappa shape index (κ2) is 8.57. The number of aryl methyl sites for hydroxylation is 3. The quantitative estimate of drug-likeness (QED) is 0.375. The minimum atomic E-state index is 0.113. The summed E-state index contributed by atoms with van der Waals surface area (Å²) in [6.07, 6.45) is 14.8. The molecule has 5 rings (SSSR count). The fourth-order valence-corrected chi connectivity index (χ4v) is 7.60. The molecule has 35 heavy (non-hydrogen) atoms. The van der Waals surface area contributed by atoms with E-state index in [0.717, 1.165) is 12.8 Å². The van der Waals surface area contributed by atoms with Gasteiger partial charge in [-0.15, -0.1) is 0 Å². The van der Waals surface area contributed by atoms with E-state index in [0.29, 0.717) is 6.17 Å². The van der Waals surface area contributed by atoms with Crippen molar-refractivity contribution in [3.05, 3.63) is 70.1 Å². The van der Waals surface area contributed by atoms with Gasteiger partial charge in [0.05, 0.1) is 11.4 Å². The zero-order valence-electron chi connectivity index (χ0n) is 23.3. The second-order valence-electron chi connectivity index (χ2n) is 11.7. The van der Waals surface area contributed by atoms with Crippen molar-refractivity contribution < 1.29 is 0 Å². The van der Waals surface area contributed by atoms with Gasteiger partial charge < -0.3 is 9.80 Å². The topological polar surface area (TPSA) is 6.48 Å². The molecule has 3 aliphatic rings. The van der Waals surface area contributed by atoms with Crippen LogP contribution in [-0.2, 0) is 11.8 Å². The van der Waals surface area contributed by atoms with E-state index in [2.05, 4.69) is 108 Å². The van der Waals surface area contributed by atoms with E-state index >= 15 is 0 Å². The Morgan fingerprint density at radius 3 is 2.26 bits per heavy atom. The van der Waals surface area contributed by atoms with Crippen LogP contribution in [-0.4, -0.2) is 18.1 Å². The molecule has 2 heteroatoms. The van der Waals surface area contributed by atoms with Gasteiger partial charge in [0.1, 0.15) is 6.17 Å². The monoisotopic (exact) mass is 468 g/mol. The molecule has 3 atom stereocenters. The summed E-state index contributed by atoms with van der Waals surface area (Å²) in [6.45, 7) is 16.7. The van der Waals surface area contributed by atoms with Crippen LogP contribution in [0.15, 0.2) is 42.2 Å². The summed E-state index contributed by atoms with van der Waals surface area (Å²) in [4.78, 5) is 5.14. The Hall–Kier alpha value is -2.48. The van der Waals surface area contributed by atoms with Crippen molar-refractivity contribution in [3.8, 4) is 11.1 Å². The lowest BCUT2D eigenvalue weighted by atomic mass is 9.54. The zero-order chi connectivity index (χ0) is 25.1. The van der Waals surface area contributed by atoms with Crippen LogP contribution in [0, 0.1) is 19.3 Å². The zero-order valence-corrected chi connectivity index (χ0v) is 23.3. The smallest absolute Gasteiger partial charge is 0.112 e. The van der Waals surface area contributed by atoms with Gasteiger partial charge in [0.25, 0.3) is 0 Å². The molecule has 0 aromatic heterocycles. The van der Waals surface area contributed by atoms with E-state index in [1.165, 1.54) is 76.0 Å². The van der Waals surface area contributed by atoms with Gasteiger partial charge in [-0.25, -0.2) is 0 Å². The minimum absolute atomic E-state index is 0.113. The first-order valence-corrected chi connectivity index (χ1v) is 13.9. The van der Waals surface area contributed by atoms with E-state index < -0.39 is 0 Å². The van der Waals surface area contributed by atoms with E-state index in [-0.39, 0.29) is 10.8 Å². The van der Waals surface area contributed by atoms with Crippen LogP contribution in [0.3, 0.4) is 0 Å². The van der Waals surface area contributed by atoms with Crippen molar-refractivity contribution in [2.75, 3.05) is 11.9 Å². The van der Waals surface area contributed by atoms with Crippen molar-refractivity contribution in [1.29, 1.82) is 0 Å². The minimum Gasteiger partial charge on any atom is -0.358 e. The molecule has 0 saturated heterocycles. The first kappa shape index (κ1) is 24.2. The third-order valence-corrected chi connectivity index (χ3v) is 9.92. The normalized spacial score (nSPS) is 26.3. The summed E-state index contributed by atoms with van der Waals surface area (Å²) in [5.41, 5.74) is 13.1. The molecule has 3 unspecified atom stereocenters. The standard InChI is InChI=1S/C33H44N2/c1-9-12-13-14-24-19-22(4)29(23(5)20-24)26-17-18-28-30-27(26)16-15-25-21-34(8)31(35(25)30)33(7,11-3)32(28,6)10-2/h15-21,31H,9-14H2,1-8H3. The highest BCUT2D eigenvalue weighted by Gasteiger charge is 2.59. The number of rotatable bonds is 7. The van der Waals surface area contributed by atoms with Crippen LogP contribution < -0.4 is 4.90 Å². The maximum Gasteiger partial charge on any atom is 0.112 e. The summed E-state index contributed by atoms with van der Waals surface area (Å²) < 4.78 is 0. The van der Waals surface area contributed by atoms with E-state index in [1.807, 2.05) is 0 Å². The van der Waals surface area contributed by atoms with Crippen molar-refractivity contribution in [2.24, 2.45) is 5.41 Å². The van der Waals surface area contributed by atoms with Gasteiger partial charge in [-0.3, -0.25) is 0 Å². The van der Waals surface area contributed by atoms with E-state index in [4.69, 9.17) is 0 Å². The van der Waals surface area contributed by atoms with E-state index in [9.17, 15) is 0 Å². The van der Waals surface area contributed by atoms with Gasteiger partial charge in [-0.05, 0) is 79.0 Å². The molecule has 0 amide bonds. The summed E-state index contributed by atoms with van der Waals surface area (Å²) in [6, 6.07) is 9.80. The Labute approximate surface area is 213 Å². The highest BCUT2D eigenvalue weighted by molar-refractivity contribution is 5.92. The van der Waals surface area contributed by atoms with E-state index in [1.54, 1.807) is 0 Å². The van der Waals surface area contributed by atoms with Crippen molar-refractivity contribution in [3.63, 3.8) is 0 Å². The third-order valence-electron chi connectivity index (χ3n) is 9.92. The molecule has 0 radical (unpaired) electrons. The predicted molar refractivity (Wildman–Crippen MR) is 152 cm³/mol. The molecule has 0 aliphatic carbocycles. The third kappa shape index (κ3) is 3.28. The molecular weight excluding hydrogens is 424 g/mol. The number of benzene rings is 2. The Morgan fingerprint density at radius 2 is 1.63 bits per heavy atom. The molecule has 2 aromatic carbocycles. The number of anilines is 1. The number of nitrogens with zero attached hydrogens (tertiary/aromatic N) is 2. The fourth-order valence-electron chi connectivity index (χ4n) is 7.60. The SMILES string of the molecule is CCCCCc1cc(C)c(-c2ccc3c4c2C=CC2=CN(C)C(N24)C(C)(CC)C3(C)CC)c(C)c1. The number of allylic oxidation sites excluding steroid dienone is 1. The van der Waals surface area contributed by atoms with Crippen LogP contribution in [0.4, 0.5) is 5.69 Å². The van der Waals surface area contributed by atoms with Crippen molar-refractivity contribution in [1.82, 2.24) is 4.90 Å². The average molecular weight is 469 g/mol. The molecule has 0 bridgehead atoms. The van der Waals surface area contributed by atoms with Crippen LogP contribution in [0.25, 0.3) is 17.2 Å². The Balaban J connectivity index is 1.71. The van der Waals surface area contributed by atoms with Gasteiger partial charge in [-0.1, -0.05) is 77.8 Å².